The van der Waals surface area contributed by atoms with Gasteiger partial charge in [0, 0.05) is 18.5 Å². The first kappa shape index (κ1) is 13.5. The summed E-state index contributed by atoms with van der Waals surface area (Å²) in [6, 6.07) is 7.95. The molecule has 0 saturated carbocycles. The van der Waals surface area contributed by atoms with Gasteiger partial charge in [0.25, 0.3) is 5.89 Å². The van der Waals surface area contributed by atoms with E-state index in [9.17, 15) is 0 Å². The van der Waals surface area contributed by atoms with Gasteiger partial charge in [0.05, 0.1) is 0 Å². The average Bonchev–Trinajstić information content (AvgIpc) is 2.91. The zero-order chi connectivity index (χ0) is 13.5. The Morgan fingerprint density at radius 1 is 1.16 bits per heavy atom. The highest BCUT2D eigenvalue weighted by molar-refractivity contribution is 5.33. The molecular weight excluding hydrogens is 242 g/mol. The summed E-state index contributed by atoms with van der Waals surface area (Å²) in [5.74, 6) is 1.99. The number of hydrogen-bond acceptors (Lipinski definition) is 5. The number of nitrogens with zero attached hydrogens (tertiary/aromatic N) is 2. The quantitative estimate of drug-likeness (QED) is 0.828. The van der Waals surface area contributed by atoms with E-state index in [-0.39, 0.29) is 0 Å². The minimum atomic E-state index is 0.302. The summed E-state index contributed by atoms with van der Waals surface area (Å²) in [5, 5.41) is 11.1. The largest absolute Gasteiger partial charge is 0.483 e. The van der Waals surface area contributed by atoms with Crippen molar-refractivity contribution in [3.63, 3.8) is 0 Å². The monoisotopic (exact) mass is 261 g/mol. The van der Waals surface area contributed by atoms with E-state index >= 15 is 0 Å². The molecule has 0 unspecified atom stereocenters. The number of benzene rings is 1. The Labute approximate surface area is 113 Å². The maximum Gasteiger partial charge on any atom is 0.253 e. The van der Waals surface area contributed by atoms with Crippen LogP contribution in [-0.2, 0) is 19.6 Å². The molecule has 0 amide bonds. The molecule has 1 N–H and O–H groups in total. The Bertz CT molecular complexity index is 511. The molecule has 2 aromatic rings. The highest BCUT2D eigenvalue weighted by Gasteiger charge is 2.07. The maximum absolute atomic E-state index is 5.74. The first-order valence-electron chi connectivity index (χ1n) is 6.56. The highest BCUT2D eigenvalue weighted by Crippen LogP contribution is 2.19. The second-order valence-electron chi connectivity index (χ2n) is 4.12. The fourth-order valence-corrected chi connectivity index (χ4v) is 1.68. The van der Waals surface area contributed by atoms with Crippen LogP contribution in [0.15, 0.2) is 28.7 Å². The highest BCUT2D eigenvalue weighted by atomic mass is 16.5. The summed E-state index contributed by atoms with van der Waals surface area (Å²) in [7, 11) is 0. The van der Waals surface area contributed by atoms with Gasteiger partial charge in [-0.1, -0.05) is 32.0 Å². The van der Waals surface area contributed by atoms with Crippen molar-refractivity contribution < 1.29 is 9.15 Å². The molecule has 0 fully saturated rings. The average molecular weight is 261 g/mol. The van der Waals surface area contributed by atoms with Crippen LogP contribution < -0.4 is 10.1 Å². The van der Waals surface area contributed by atoms with Crippen molar-refractivity contribution in [2.45, 2.75) is 33.4 Å². The van der Waals surface area contributed by atoms with E-state index in [1.54, 1.807) is 0 Å². The molecule has 0 spiro atoms. The SMILES string of the molecule is CCNCc1ccccc1OCc1nnc(CC)o1. The zero-order valence-corrected chi connectivity index (χ0v) is 11.3. The lowest BCUT2D eigenvalue weighted by Gasteiger charge is -2.10. The third-order valence-corrected chi connectivity index (χ3v) is 2.70. The number of rotatable bonds is 7. The minimum absolute atomic E-state index is 0.302. The molecule has 1 aromatic carbocycles. The van der Waals surface area contributed by atoms with Crippen LogP contribution in [0.2, 0.25) is 0 Å². The van der Waals surface area contributed by atoms with Crippen LogP contribution in [0.25, 0.3) is 0 Å². The number of hydrogen-bond donors (Lipinski definition) is 1. The lowest BCUT2D eigenvalue weighted by atomic mass is 10.2. The van der Waals surface area contributed by atoms with Crippen LogP contribution in [0.5, 0.6) is 5.75 Å². The first-order valence-corrected chi connectivity index (χ1v) is 6.56. The van der Waals surface area contributed by atoms with E-state index in [1.807, 2.05) is 31.2 Å². The van der Waals surface area contributed by atoms with Crippen LogP contribution in [0.4, 0.5) is 0 Å². The van der Waals surface area contributed by atoms with Crippen molar-refractivity contribution >= 4 is 0 Å². The number of aryl methyl sites for hydroxylation is 1. The Morgan fingerprint density at radius 3 is 2.68 bits per heavy atom. The lowest BCUT2D eigenvalue weighted by molar-refractivity contribution is 0.256. The molecule has 2 rings (SSSR count). The molecule has 1 heterocycles. The molecular formula is C14H19N3O2. The van der Waals surface area contributed by atoms with Crippen molar-refractivity contribution in [1.82, 2.24) is 15.5 Å². The van der Waals surface area contributed by atoms with Gasteiger partial charge in [0.2, 0.25) is 5.89 Å². The van der Waals surface area contributed by atoms with Crippen molar-refractivity contribution in [3.05, 3.63) is 41.6 Å². The third kappa shape index (κ3) is 3.79. The second kappa shape index (κ2) is 6.89. The standard InChI is InChI=1S/C14H19N3O2/c1-3-13-16-17-14(19-13)10-18-12-8-6-5-7-11(12)9-15-4-2/h5-8,15H,3-4,9-10H2,1-2H3. The van der Waals surface area contributed by atoms with E-state index in [2.05, 4.69) is 22.4 Å². The molecule has 5 heteroatoms. The summed E-state index contributed by atoms with van der Waals surface area (Å²) >= 11 is 0. The maximum atomic E-state index is 5.74. The van der Waals surface area contributed by atoms with Crippen LogP contribution in [0.3, 0.4) is 0 Å². The van der Waals surface area contributed by atoms with Gasteiger partial charge in [-0.25, -0.2) is 0 Å². The van der Waals surface area contributed by atoms with Crippen LogP contribution in [0, 0.1) is 0 Å². The van der Waals surface area contributed by atoms with Gasteiger partial charge >= 0.3 is 0 Å². The van der Waals surface area contributed by atoms with Crippen LogP contribution >= 0.6 is 0 Å². The van der Waals surface area contributed by atoms with Crippen molar-refractivity contribution in [3.8, 4) is 5.75 Å². The van der Waals surface area contributed by atoms with E-state index in [4.69, 9.17) is 9.15 Å². The topological polar surface area (TPSA) is 60.2 Å². The Balaban J connectivity index is 1.98. The number of nitrogens with one attached hydrogen (secondary N) is 1. The summed E-state index contributed by atoms with van der Waals surface area (Å²) in [6.07, 6.45) is 0.740. The Hall–Kier alpha value is -1.88. The predicted octanol–water partition coefficient (Wildman–Crippen LogP) is 2.32. The molecule has 0 radical (unpaired) electrons. The van der Waals surface area contributed by atoms with Crippen molar-refractivity contribution in [1.29, 1.82) is 0 Å². The first-order chi connectivity index (χ1) is 9.33. The minimum Gasteiger partial charge on any atom is -0.483 e. The molecule has 0 atom stereocenters. The van der Waals surface area contributed by atoms with E-state index in [0.29, 0.717) is 18.4 Å². The lowest BCUT2D eigenvalue weighted by Crippen LogP contribution is -2.12. The number of aromatic nitrogens is 2. The molecule has 0 aliphatic carbocycles. The molecule has 0 saturated heterocycles. The summed E-state index contributed by atoms with van der Waals surface area (Å²) < 4.78 is 11.2. The van der Waals surface area contributed by atoms with Crippen LogP contribution in [0.1, 0.15) is 31.2 Å². The molecule has 0 aliphatic heterocycles. The number of para-hydroxylation sites is 1. The predicted molar refractivity (Wildman–Crippen MR) is 71.8 cm³/mol. The normalized spacial score (nSPS) is 10.6. The summed E-state index contributed by atoms with van der Waals surface area (Å²) in [5.41, 5.74) is 1.12. The van der Waals surface area contributed by atoms with Gasteiger partial charge in [-0.05, 0) is 12.6 Å². The van der Waals surface area contributed by atoms with Crippen molar-refractivity contribution in [2.75, 3.05) is 6.54 Å². The van der Waals surface area contributed by atoms with E-state index < -0.39 is 0 Å². The van der Waals surface area contributed by atoms with Gasteiger partial charge in [0.1, 0.15) is 5.75 Å². The molecule has 1 aromatic heterocycles. The van der Waals surface area contributed by atoms with E-state index in [0.717, 1.165) is 30.8 Å². The van der Waals surface area contributed by atoms with Gasteiger partial charge < -0.3 is 14.5 Å². The van der Waals surface area contributed by atoms with Crippen molar-refractivity contribution in [2.24, 2.45) is 0 Å². The van der Waals surface area contributed by atoms with E-state index in [1.165, 1.54) is 0 Å². The fourth-order valence-electron chi connectivity index (χ4n) is 1.68. The molecule has 19 heavy (non-hydrogen) atoms. The van der Waals surface area contributed by atoms with Gasteiger partial charge in [-0.3, -0.25) is 0 Å². The molecule has 5 nitrogen and oxygen atoms in total. The van der Waals surface area contributed by atoms with Gasteiger partial charge in [-0.15, -0.1) is 10.2 Å². The van der Waals surface area contributed by atoms with Gasteiger partial charge in [0.15, 0.2) is 6.61 Å². The van der Waals surface area contributed by atoms with Crippen LogP contribution in [-0.4, -0.2) is 16.7 Å². The molecule has 0 aliphatic rings. The Kier molecular flexibility index (Phi) is 4.92. The third-order valence-electron chi connectivity index (χ3n) is 2.70. The Morgan fingerprint density at radius 2 is 1.95 bits per heavy atom. The fraction of sp³-hybridized carbons (Fsp3) is 0.429. The zero-order valence-electron chi connectivity index (χ0n) is 11.3. The van der Waals surface area contributed by atoms with Gasteiger partial charge in [-0.2, -0.15) is 0 Å². The number of ether oxygens (including phenoxy) is 1. The molecule has 102 valence electrons. The summed E-state index contributed by atoms with van der Waals surface area (Å²) in [4.78, 5) is 0. The molecule has 0 bridgehead atoms. The second-order valence-corrected chi connectivity index (χ2v) is 4.12. The summed E-state index contributed by atoms with van der Waals surface area (Å²) in [6.45, 7) is 6.07. The smallest absolute Gasteiger partial charge is 0.253 e.